The Kier molecular flexibility index (Phi) is 12.1. The smallest absolute Gasteiger partial charge is 0.342 e. The van der Waals surface area contributed by atoms with E-state index in [1.54, 1.807) is 0 Å². The summed E-state index contributed by atoms with van der Waals surface area (Å²) in [6, 6.07) is 0. The largest absolute Gasteiger partial charge is 0.394 e. The summed E-state index contributed by atoms with van der Waals surface area (Å²) in [6.07, 6.45) is -0.239. The molecule has 0 saturated heterocycles. The van der Waals surface area contributed by atoms with Crippen LogP contribution < -0.4 is 11.9 Å². The van der Waals surface area contributed by atoms with Crippen LogP contribution in [0.25, 0.3) is 0 Å². The topological polar surface area (TPSA) is 195 Å². The fourth-order valence-electron chi connectivity index (χ4n) is 1.14. The first-order valence-corrected chi connectivity index (χ1v) is 9.09. The zero-order valence-electron chi connectivity index (χ0n) is 11.1. The first kappa shape index (κ1) is 22.4. The Morgan fingerprint density at radius 2 is 1.70 bits per heavy atom. The predicted molar refractivity (Wildman–Crippen MR) is 72.8 cm³/mol. The van der Waals surface area contributed by atoms with Crippen LogP contribution in [-0.4, -0.2) is 58.2 Å². The Morgan fingerprint density at radius 3 is 2.20 bits per heavy atom. The minimum atomic E-state index is -4.35. The van der Waals surface area contributed by atoms with E-state index in [2.05, 4.69) is 0 Å². The minimum Gasteiger partial charge on any atom is -0.394 e. The molecule has 0 aliphatic heterocycles. The van der Waals surface area contributed by atoms with Crippen molar-refractivity contribution >= 4 is 15.2 Å². The van der Waals surface area contributed by atoms with Crippen LogP contribution in [0.1, 0.15) is 12.8 Å². The summed E-state index contributed by atoms with van der Waals surface area (Å²) in [5, 5.41) is 8.41. The molecule has 20 heavy (non-hydrogen) atoms. The number of rotatable bonds is 11. The third-order valence-corrected chi connectivity index (χ3v) is 4.72. The highest BCUT2D eigenvalue weighted by atomic mass is 31.2. The minimum absolute atomic E-state index is 0. The van der Waals surface area contributed by atoms with E-state index < -0.39 is 21.0 Å². The van der Waals surface area contributed by atoms with E-state index in [0.717, 1.165) is 0 Å². The number of aliphatic hydroxyl groups excluding tert-OH is 1. The maximum absolute atomic E-state index is 11.5. The molecule has 0 aliphatic rings. The summed E-state index contributed by atoms with van der Waals surface area (Å²) < 4.78 is 31.7. The zero-order chi connectivity index (χ0) is 14.9. The van der Waals surface area contributed by atoms with Crippen LogP contribution >= 0.6 is 15.2 Å². The van der Waals surface area contributed by atoms with Crippen LogP contribution in [0, 0.1) is 0 Å². The second-order valence-corrected chi connectivity index (χ2v) is 7.65. The third kappa shape index (κ3) is 11.9. The number of aliphatic hydroxyl groups is 1. The standard InChI is InChI=1S/C8H21NO8P2.H3N/c9-8(19(13,14)15)2-1-7-18(11,12)17-6-5-16-4-3-10;/h8,10H,1-7,9H2,(H,11,12)(H2,13,14,15);1H3. The second-order valence-electron chi connectivity index (χ2n) is 3.83. The van der Waals surface area contributed by atoms with Crippen molar-refractivity contribution in [1.82, 2.24) is 6.15 Å². The predicted octanol–water partition coefficient (Wildman–Crippen LogP) is -0.398. The molecular weight excluding hydrogens is 314 g/mol. The lowest BCUT2D eigenvalue weighted by atomic mass is 10.3. The fourth-order valence-corrected chi connectivity index (χ4v) is 2.73. The normalized spacial score (nSPS) is 16.2. The molecule has 0 fully saturated rings. The van der Waals surface area contributed by atoms with Crippen LogP contribution in [-0.2, 0) is 18.4 Å². The fraction of sp³-hybridized carbons (Fsp3) is 1.00. The zero-order valence-corrected chi connectivity index (χ0v) is 12.9. The van der Waals surface area contributed by atoms with Gasteiger partial charge in [0, 0.05) is 0 Å². The average molecular weight is 338 g/mol. The highest BCUT2D eigenvalue weighted by Gasteiger charge is 2.26. The highest BCUT2D eigenvalue weighted by molar-refractivity contribution is 7.53. The van der Waals surface area contributed by atoms with Gasteiger partial charge in [0.25, 0.3) is 0 Å². The molecule has 2 unspecified atom stereocenters. The first-order valence-electron chi connectivity index (χ1n) is 5.65. The number of nitrogens with two attached hydrogens (primary N) is 1. The average Bonchev–Trinajstić information content (AvgIpc) is 2.27. The molecule has 0 aromatic rings. The summed E-state index contributed by atoms with van der Waals surface area (Å²) in [4.78, 5) is 26.8. The Labute approximate surface area is 117 Å². The summed E-state index contributed by atoms with van der Waals surface area (Å²) in [7, 11) is -8.15. The monoisotopic (exact) mass is 338 g/mol. The molecule has 0 aromatic carbocycles. The van der Waals surface area contributed by atoms with Crippen LogP contribution in [0.4, 0.5) is 0 Å². The molecule has 0 amide bonds. The summed E-state index contributed by atoms with van der Waals surface area (Å²) in [5.74, 6) is -1.33. The lowest BCUT2D eigenvalue weighted by molar-refractivity contribution is 0.0677. The van der Waals surface area contributed by atoms with E-state index in [9.17, 15) is 14.0 Å². The van der Waals surface area contributed by atoms with Gasteiger partial charge in [0.2, 0.25) is 0 Å². The molecule has 10 nitrogen and oxygen atoms in total. The summed E-state index contributed by atoms with van der Waals surface area (Å²) >= 11 is 0. The molecule has 0 bridgehead atoms. The van der Waals surface area contributed by atoms with Crippen LogP contribution in [0.5, 0.6) is 0 Å². The molecule has 0 rings (SSSR count). The summed E-state index contributed by atoms with van der Waals surface area (Å²) in [5.41, 5.74) is 5.22. The van der Waals surface area contributed by atoms with Crippen molar-refractivity contribution < 1.29 is 38.2 Å². The van der Waals surface area contributed by atoms with E-state index in [1.165, 1.54) is 0 Å². The van der Waals surface area contributed by atoms with Gasteiger partial charge in [0.15, 0.2) is 0 Å². The first-order chi connectivity index (χ1) is 8.69. The molecule has 0 heterocycles. The Balaban J connectivity index is 0. The van der Waals surface area contributed by atoms with Crippen molar-refractivity contribution in [1.29, 1.82) is 0 Å². The Morgan fingerprint density at radius 1 is 1.10 bits per heavy atom. The van der Waals surface area contributed by atoms with Gasteiger partial charge in [-0.25, -0.2) is 0 Å². The van der Waals surface area contributed by atoms with Gasteiger partial charge in [-0.05, 0) is 12.8 Å². The van der Waals surface area contributed by atoms with Crippen LogP contribution in [0.2, 0.25) is 0 Å². The number of hydrogen-bond donors (Lipinski definition) is 6. The van der Waals surface area contributed by atoms with E-state index in [0.29, 0.717) is 0 Å². The van der Waals surface area contributed by atoms with E-state index in [1.807, 2.05) is 0 Å². The maximum atomic E-state index is 11.5. The van der Waals surface area contributed by atoms with Crippen molar-refractivity contribution in [3.05, 3.63) is 0 Å². The third-order valence-electron chi connectivity index (χ3n) is 2.13. The van der Waals surface area contributed by atoms with E-state index >= 15 is 0 Å². The molecule has 0 aliphatic carbocycles. The molecule has 0 saturated carbocycles. The maximum Gasteiger partial charge on any atom is 0.342 e. The molecule has 0 radical (unpaired) electrons. The molecule has 0 aromatic heterocycles. The molecule has 0 spiro atoms. The quantitative estimate of drug-likeness (QED) is 0.213. The van der Waals surface area contributed by atoms with Gasteiger partial charge in [-0.3, -0.25) is 9.13 Å². The molecular formula is C8H24N2O8P2. The SMILES string of the molecule is N.NC(CCCP(=O)(O)OCCOCCO)P(=O)(O)O. The van der Waals surface area contributed by atoms with E-state index in [4.69, 9.17) is 29.9 Å². The molecule has 9 N–H and O–H groups in total. The lowest BCUT2D eigenvalue weighted by Crippen LogP contribution is -2.20. The van der Waals surface area contributed by atoms with Gasteiger partial charge in [-0.1, -0.05) is 0 Å². The van der Waals surface area contributed by atoms with Crippen molar-refractivity contribution in [2.24, 2.45) is 5.73 Å². The van der Waals surface area contributed by atoms with Crippen molar-refractivity contribution in [3.8, 4) is 0 Å². The van der Waals surface area contributed by atoms with Crippen LogP contribution in [0.15, 0.2) is 0 Å². The highest BCUT2D eigenvalue weighted by Crippen LogP contribution is 2.45. The Bertz CT molecular complexity index is 336. The van der Waals surface area contributed by atoms with Gasteiger partial charge in [-0.15, -0.1) is 0 Å². The van der Waals surface area contributed by atoms with Gasteiger partial charge in [0.05, 0.1) is 32.6 Å². The number of ether oxygens (including phenoxy) is 1. The van der Waals surface area contributed by atoms with Crippen molar-refractivity contribution in [3.63, 3.8) is 0 Å². The van der Waals surface area contributed by atoms with Crippen molar-refractivity contribution in [2.75, 3.05) is 32.6 Å². The van der Waals surface area contributed by atoms with Crippen LogP contribution in [0.3, 0.4) is 0 Å². The van der Waals surface area contributed by atoms with Gasteiger partial charge >= 0.3 is 15.2 Å². The van der Waals surface area contributed by atoms with Gasteiger partial charge in [-0.2, -0.15) is 0 Å². The number of hydrogen-bond acceptors (Lipinski definition) is 7. The van der Waals surface area contributed by atoms with E-state index in [-0.39, 0.29) is 51.6 Å². The lowest BCUT2D eigenvalue weighted by Gasteiger charge is -2.15. The molecule has 2 atom stereocenters. The Hall–Kier alpha value is 0.140. The second kappa shape index (κ2) is 10.8. The van der Waals surface area contributed by atoms with Gasteiger partial charge < -0.3 is 40.9 Å². The molecule has 12 heteroatoms. The van der Waals surface area contributed by atoms with Crippen molar-refractivity contribution in [2.45, 2.75) is 18.6 Å². The van der Waals surface area contributed by atoms with Gasteiger partial charge in [0.1, 0.15) is 5.78 Å². The summed E-state index contributed by atoms with van der Waals surface area (Å²) in [6.45, 7) is -0.0429. The molecule has 124 valence electrons.